The topological polar surface area (TPSA) is 80.1 Å². The van der Waals surface area contributed by atoms with Crippen molar-refractivity contribution in [2.45, 2.75) is 13.5 Å². The molecule has 0 aliphatic heterocycles. The van der Waals surface area contributed by atoms with E-state index in [9.17, 15) is 10.1 Å². The molecule has 0 fully saturated rings. The molecule has 0 aliphatic carbocycles. The number of anilines is 2. The van der Waals surface area contributed by atoms with Crippen LogP contribution in [0.2, 0.25) is 0 Å². The quantitative estimate of drug-likeness (QED) is 0.611. The first-order valence-corrected chi connectivity index (χ1v) is 7.27. The van der Waals surface area contributed by atoms with Crippen LogP contribution in [0.25, 0.3) is 0 Å². The summed E-state index contributed by atoms with van der Waals surface area (Å²) in [5.41, 5.74) is 0.973. The summed E-state index contributed by atoms with van der Waals surface area (Å²) in [6.45, 7) is 3.11. The highest BCUT2D eigenvalue weighted by atomic mass is 79.9. The van der Waals surface area contributed by atoms with Crippen molar-refractivity contribution in [3.05, 3.63) is 56.5 Å². The fourth-order valence-corrected chi connectivity index (χ4v) is 2.29. The highest BCUT2D eigenvalue weighted by Gasteiger charge is 2.15. The van der Waals surface area contributed by atoms with Crippen molar-refractivity contribution in [1.82, 2.24) is 4.98 Å². The van der Waals surface area contributed by atoms with Crippen LogP contribution >= 0.6 is 15.9 Å². The molecule has 0 unspecified atom stereocenters. The van der Waals surface area contributed by atoms with E-state index >= 15 is 0 Å². The Morgan fingerprint density at radius 1 is 1.29 bits per heavy atom. The van der Waals surface area contributed by atoms with Crippen molar-refractivity contribution in [2.75, 3.05) is 17.2 Å². The maximum atomic E-state index is 11.1. The summed E-state index contributed by atoms with van der Waals surface area (Å²) in [5.74, 6) is 0.873. The predicted octanol–water partition coefficient (Wildman–Crippen LogP) is 3.80. The van der Waals surface area contributed by atoms with Gasteiger partial charge in [-0.15, -0.1) is 0 Å². The fraction of sp³-hybridized carbons (Fsp3) is 0.214. The van der Waals surface area contributed by atoms with Gasteiger partial charge in [0.05, 0.1) is 4.92 Å². The summed E-state index contributed by atoms with van der Waals surface area (Å²) in [6, 6.07) is 10.8. The normalized spacial score (nSPS) is 10.2. The lowest BCUT2D eigenvalue weighted by Gasteiger charge is -2.09. The van der Waals surface area contributed by atoms with Crippen LogP contribution < -0.4 is 10.6 Å². The van der Waals surface area contributed by atoms with Gasteiger partial charge in [-0.25, -0.2) is 4.98 Å². The summed E-state index contributed by atoms with van der Waals surface area (Å²) < 4.78 is 0.964. The molecule has 2 aromatic rings. The summed E-state index contributed by atoms with van der Waals surface area (Å²) in [5, 5.41) is 17.1. The lowest BCUT2D eigenvalue weighted by molar-refractivity contribution is -0.384. The third kappa shape index (κ3) is 4.16. The second-order valence-electron chi connectivity index (χ2n) is 4.34. The van der Waals surface area contributed by atoms with Crippen LogP contribution in [0.4, 0.5) is 17.3 Å². The summed E-state index contributed by atoms with van der Waals surface area (Å²) >= 11 is 3.40. The van der Waals surface area contributed by atoms with Gasteiger partial charge in [-0.3, -0.25) is 10.1 Å². The molecule has 0 radical (unpaired) electrons. The Balaban J connectivity index is 2.20. The molecule has 2 N–H and O–H groups in total. The predicted molar refractivity (Wildman–Crippen MR) is 86.5 cm³/mol. The van der Waals surface area contributed by atoms with Gasteiger partial charge in [0.15, 0.2) is 0 Å². The smallest absolute Gasteiger partial charge is 0.311 e. The van der Waals surface area contributed by atoms with E-state index in [0.29, 0.717) is 18.9 Å². The van der Waals surface area contributed by atoms with E-state index in [4.69, 9.17) is 0 Å². The minimum absolute atomic E-state index is 0.0355. The van der Waals surface area contributed by atoms with E-state index in [2.05, 4.69) is 31.5 Å². The Hall–Kier alpha value is -2.15. The first kappa shape index (κ1) is 15.2. The van der Waals surface area contributed by atoms with E-state index in [1.165, 1.54) is 6.07 Å². The molecule has 2 rings (SSSR count). The van der Waals surface area contributed by atoms with Gasteiger partial charge in [0.2, 0.25) is 5.82 Å². The number of halogens is 1. The average Bonchev–Trinajstić information content (AvgIpc) is 2.45. The van der Waals surface area contributed by atoms with Gasteiger partial charge in [-0.05, 0) is 30.7 Å². The molecule has 110 valence electrons. The standard InChI is InChI=1S/C14H15BrN4O2/c1-2-16-13-7-6-12(19(20)21)14(18-13)17-9-10-4-3-5-11(15)8-10/h3-8H,2,9H2,1H3,(H2,16,17,18). The Bertz CT molecular complexity index is 649. The number of benzene rings is 1. The van der Waals surface area contributed by atoms with Gasteiger partial charge >= 0.3 is 5.69 Å². The highest BCUT2D eigenvalue weighted by molar-refractivity contribution is 9.10. The van der Waals surface area contributed by atoms with Gasteiger partial charge in [0.25, 0.3) is 0 Å². The lowest BCUT2D eigenvalue weighted by atomic mass is 10.2. The van der Waals surface area contributed by atoms with Crippen molar-refractivity contribution >= 4 is 33.3 Å². The van der Waals surface area contributed by atoms with Crippen LogP contribution in [0.5, 0.6) is 0 Å². The SMILES string of the molecule is CCNc1ccc([N+](=O)[O-])c(NCc2cccc(Br)c2)n1. The maximum absolute atomic E-state index is 11.1. The number of pyridine rings is 1. The molecular weight excluding hydrogens is 336 g/mol. The minimum atomic E-state index is -0.439. The Morgan fingerprint density at radius 2 is 2.10 bits per heavy atom. The fourth-order valence-electron chi connectivity index (χ4n) is 1.84. The van der Waals surface area contributed by atoms with Crippen molar-refractivity contribution in [3.63, 3.8) is 0 Å². The van der Waals surface area contributed by atoms with Crippen molar-refractivity contribution in [2.24, 2.45) is 0 Å². The Labute approximate surface area is 130 Å². The molecule has 0 saturated heterocycles. The first-order valence-electron chi connectivity index (χ1n) is 6.47. The van der Waals surface area contributed by atoms with E-state index in [1.807, 2.05) is 31.2 Å². The molecule has 0 spiro atoms. The highest BCUT2D eigenvalue weighted by Crippen LogP contribution is 2.24. The van der Waals surface area contributed by atoms with E-state index in [-0.39, 0.29) is 11.5 Å². The lowest BCUT2D eigenvalue weighted by Crippen LogP contribution is -2.07. The monoisotopic (exact) mass is 350 g/mol. The Morgan fingerprint density at radius 3 is 2.76 bits per heavy atom. The van der Waals surface area contributed by atoms with Crippen LogP contribution in [0.3, 0.4) is 0 Å². The molecule has 1 aromatic heterocycles. The molecule has 1 aromatic carbocycles. The number of nitro groups is 1. The van der Waals surface area contributed by atoms with Crippen molar-refractivity contribution < 1.29 is 4.92 Å². The molecule has 0 atom stereocenters. The first-order chi connectivity index (χ1) is 10.1. The molecule has 21 heavy (non-hydrogen) atoms. The van der Waals surface area contributed by atoms with Crippen LogP contribution in [0, 0.1) is 10.1 Å². The number of rotatable bonds is 6. The van der Waals surface area contributed by atoms with Crippen LogP contribution in [-0.4, -0.2) is 16.5 Å². The maximum Gasteiger partial charge on any atom is 0.311 e. The number of hydrogen-bond acceptors (Lipinski definition) is 5. The molecule has 0 aliphatic rings. The number of nitrogens with one attached hydrogen (secondary N) is 2. The zero-order valence-corrected chi connectivity index (χ0v) is 13.1. The zero-order chi connectivity index (χ0) is 15.2. The largest absolute Gasteiger partial charge is 0.370 e. The number of aromatic nitrogens is 1. The Kier molecular flexibility index (Phi) is 5.10. The van der Waals surface area contributed by atoms with E-state index in [1.54, 1.807) is 6.07 Å². The van der Waals surface area contributed by atoms with Crippen LogP contribution in [-0.2, 0) is 6.54 Å². The van der Waals surface area contributed by atoms with E-state index in [0.717, 1.165) is 10.0 Å². The molecule has 0 bridgehead atoms. The third-order valence-corrected chi connectivity index (χ3v) is 3.27. The van der Waals surface area contributed by atoms with Crippen LogP contribution in [0.1, 0.15) is 12.5 Å². The zero-order valence-electron chi connectivity index (χ0n) is 11.5. The van der Waals surface area contributed by atoms with Crippen molar-refractivity contribution in [1.29, 1.82) is 0 Å². The van der Waals surface area contributed by atoms with Gasteiger partial charge in [0.1, 0.15) is 5.82 Å². The molecule has 6 nitrogen and oxygen atoms in total. The van der Waals surface area contributed by atoms with Gasteiger partial charge < -0.3 is 10.6 Å². The average molecular weight is 351 g/mol. The summed E-state index contributed by atoms with van der Waals surface area (Å²) in [4.78, 5) is 14.9. The summed E-state index contributed by atoms with van der Waals surface area (Å²) in [7, 11) is 0. The number of nitrogens with zero attached hydrogens (tertiary/aromatic N) is 2. The molecule has 0 saturated carbocycles. The molecule has 0 amide bonds. The van der Waals surface area contributed by atoms with Gasteiger partial charge in [0, 0.05) is 23.6 Å². The van der Waals surface area contributed by atoms with Crippen LogP contribution in [0.15, 0.2) is 40.9 Å². The summed E-state index contributed by atoms with van der Waals surface area (Å²) in [6.07, 6.45) is 0. The second-order valence-corrected chi connectivity index (χ2v) is 5.25. The molecular formula is C14H15BrN4O2. The second kappa shape index (κ2) is 7.03. The molecule has 7 heteroatoms. The number of hydrogen-bond donors (Lipinski definition) is 2. The van der Waals surface area contributed by atoms with Crippen molar-refractivity contribution in [3.8, 4) is 0 Å². The third-order valence-electron chi connectivity index (χ3n) is 2.78. The minimum Gasteiger partial charge on any atom is -0.370 e. The van der Waals surface area contributed by atoms with Gasteiger partial charge in [-0.1, -0.05) is 28.1 Å². The van der Waals surface area contributed by atoms with E-state index < -0.39 is 4.92 Å². The molecule has 1 heterocycles. The van der Waals surface area contributed by atoms with Gasteiger partial charge in [-0.2, -0.15) is 0 Å².